The molecule has 3 aromatic carbocycles. The van der Waals surface area contributed by atoms with Crippen molar-refractivity contribution in [2.75, 3.05) is 57.8 Å². The maximum atomic E-state index is 15.5. The van der Waals surface area contributed by atoms with Crippen molar-refractivity contribution in [2.24, 2.45) is 14.1 Å². The Morgan fingerprint density at radius 2 is 1.63 bits per heavy atom. The molecule has 1 atom stereocenters. The van der Waals surface area contributed by atoms with Crippen LogP contribution >= 0.6 is 23.2 Å². The molecule has 0 saturated carbocycles. The van der Waals surface area contributed by atoms with Crippen molar-refractivity contribution in [1.29, 1.82) is 0 Å². The van der Waals surface area contributed by atoms with Crippen LogP contribution in [0.2, 0.25) is 10.0 Å². The molecule has 1 fully saturated rings. The number of nitrogens with zero attached hydrogens (tertiary/aromatic N) is 7. The van der Waals surface area contributed by atoms with Gasteiger partial charge in [0.15, 0.2) is 0 Å². The molecule has 8 rings (SSSR count). The molecular weight excluding hydrogens is 785 g/mol. The highest BCUT2D eigenvalue weighted by molar-refractivity contribution is 6.35. The number of carbonyl (C=O) groups excluding carboxylic acids is 1. The van der Waals surface area contributed by atoms with E-state index in [0.29, 0.717) is 36.7 Å². The topological polar surface area (TPSA) is 101 Å². The molecule has 11 nitrogen and oxygen atoms in total. The lowest BCUT2D eigenvalue weighted by molar-refractivity contribution is 0.0687. The Bertz CT molecular complexity index is 2630. The Balaban J connectivity index is 1.25. The zero-order valence-electron chi connectivity index (χ0n) is 35.2. The van der Waals surface area contributed by atoms with Gasteiger partial charge in [-0.3, -0.25) is 9.48 Å². The summed E-state index contributed by atoms with van der Waals surface area (Å²) >= 11 is 13.6. The van der Waals surface area contributed by atoms with Crippen molar-refractivity contribution < 1.29 is 19.4 Å². The molecule has 310 valence electrons. The Kier molecular flexibility index (Phi) is 11.1. The van der Waals surface area contributed by atoms with Crippen molar-refractivity contribution in [3.63, 3.8) is 0 Å². The van der Waals surface area contributed by atoms with Gasteiger partial charge < -0.3 is 33.7 Å². The Morgan fingerprint density at radius 3 is 2.29 bits per heavy atom. The number of anilines is 1. The number of likely N-dealkylation sites (N-methyl/N-ethyl adjacent to an activating group) is 1. The van der Waals surface area contributed by atoms with Crippen molar-refractivity contribution in [1.82, 2.24) is 28.7 Å². The van der Waals surface area contributed by atoms with E-state index in [4.69, 9.17) is 33.0 Å². The average Bonchev–Trinajstić information content (AvgIpc) is 3.80. The normalized spacial score (nSPS) is 16.5. The van der Waals surface area contributed by atoms with E-state index in [9.17, 15) is 9.90 Å². The van der Waals surface area contributed by atoms with Crippen LogP contribution in [0, 0.1) is 27.7 Å². The third-order valence-electron chi connectivity index (χ3n) is 12.6. The SMILES string of the molecule is Cc1cc(OCCCc2c3n(c4c(-c5c(C)nn(C)c5C)c(Cl)ccc24)[C@H](C)CN(c2cc(CCN4CCN(C)CC4)cc4cc(C(=O)O)n(C)c24)C3=O)cc(C)c1Cl. The van der Waals surface area contributed by atoms with E-state index >= 15 is 4.79 Å². The second-order valence-corrected chi connectivity index (χ2v) is 17.4. The zero-order chi connectivity index (χ0) is 42.0. The van der Waals surface area contributed by atoms with Gasteiger partial charge in [0.1, 0.15) is 17.1 Å². The standard InChI is InChI=1S/C46H53Cl2N7O4/c1-26-20-33(21-27(2)41(26)48)59-19-9-10-34-35-11-12-36(47)40(39-29(4)49-52(8)30(39)5)43(35)55-28(3)25-54(45(56)44(34)55)37-23-31(13-14-53-17-15-50(6)16-18-53)22-32-24-38(46(57)58)51(7)42(32)37/h11-12,20-24,28H,9-10,13-19,25H2,1-8H3,(H,57,58)/t28-/m1/s1. The lowest BCUT2D eigenvalue weighted by Crippen LogP contribution is -2.45. The smallest absolute Gasteiger partial charge is 0.352 e. The summed E-state index contributed by atoms with van der Waals surface area (Å²) in [7, 11) is 5.86. The summed E-state index contributed by atoms with van der Waals surface area (Å²) in [6.45, 7) is 15.9. The molecule has 1 saturated heterocycles. The highest BCUT2D eigenvalue weighted by atomic mass is 35.5. The fourth-order valence-electron chi connectivity index (χ4n) is 9.39. The minimum Gasteiger partial charge on any atom is -0.494 e. The highest BCUT2D eigenvalue weighted by Gasteiger charge is 2.38. The van der Waals surface area contributed by atoms with Gasteiger partial charge in [0.25, 0.3) is 5.91 Å². The van der Waals surface area contributed by atoms with Crippen molar-refractivity contribution in [2.45, 2.75) is 59.9 Å². The molecule has 59 heavy (non-hydrogen) atoms. The molecule has 1 N–H and O–H groups in total. The molecule has 6 aromatic rings. The van der Waals surface area contributed by atoms with E-state index in [-0.39, 0.29) is 17.6 Å². The van der Waals surface area contributed by atoms with Gasteiger partial charge in [-0.15, -0.1) is 0 Å². The van der Waals surface area contributed by atoms with E-state index in [1.165, 1.54) is 0 Å². The number of rotatable bonds is 11. The van der Waals surface area contributed by atoms with Gasteiger partial charge in [-0.1, -0.05) is 29.3 Å². The molecule has 0 bridgehead atoms. The second kappa shape index (κ2) is 16.0. The van der Waals surface area contributed by atoms with Gasteiger partial charge in [-0.2, -0.15) is 5.10 Å². The summed E-state index contributed by atoms with van der Waals surface area (Å²) in [6, 6.07) is 13.7. The Labute approximate surface area is 355 Å². The number of aromatic carboxylic acids is 1. The quantitative estimate of drug-likeness (QED) is 0.130. The molecule has 13 heteroatoms. The largest absolute Gasteiger partial charge is 0.494 e. The Hall–Kier alpha value is -4.81. The molecule has 2 aliphatic rings. The van der Waals surface area contributed by atoms with Crippen LogP contribution in [0.1, 0.15) is 74.0 Å². The van der Waals surface area contributed by atoms with Crippen molar-refractivity contribution in [3.05, 3.63) is 97.5 Å². The molecule has 0 aliphatic carbocycles. The minimum atomic E-state index is -1.01. The van der Waals surface area contributed by atoms with Gasteiger partial charge in [-0.25, -0.2) is 4.79 Å². The number of carboxylic acid groups (broad SMARTS) is 1. The van der Waals surface area contributed by atoms with E-state index in [1.54, 1.807) is 17.7 Å². The number of carboxylic acids is 1. The van der Waals surface area contributed by atoms with E-state index in [2.05, 4.69) is 40.5 Å². The van der Waals surface area contributed by atoms with Gasteiger partial charge in [-0.05, 0) is 120 Å². The predicted molar refractivity (Wildman–Crippen MR) is 237 cm³/mol. The van der Waals surface area contributed by atoms with Crippen LogP contribution in [0.15, 0.2) is 42.5 Å². The van der Waals surface area contributed by atoms with Gasteiger partial charge in [0.05, 0.1) is 34.0 Å². The summed E-state index contributed by atoms with van der Waals surface area (Å²) in [5, 5.41) is 18.1. The monoisotopic (exact) mass is 837 g/mol. The van der Waals surface area contributed by atoms with Crippen molar-refractivity contribution >= 4 is 62.6 Å². The number of piperazine rings is 1. The fraction of sp³-hybridized carbons (Fsp3) is 0.413. The molecular formula is C46H53Cl2N7O4. The minimum absolute atomic E-state index is 0.128. The molecule has 2 aliphatic heterocycles. The molecule has 5 heterocycles. The number of aryl methyl sites for hydroxylation is 6. The summed E-state index contributed by atoms with van der Waals surface area (Å²) in [4.78, 5) is 34.7. The van der Waals surface area contributed by atoms with Crippen LogP contribution in [-0.4, -0.2) is 98.6 Å². The van der Waals surface area contributed by atoms with Crippen LogP contribution in [0.5, 0.6) is 5.75 Å². The van der Waals surface area contributed by atoms with Crippen LogP contribution in [0.25, 0.3) is 32.9 Å². The van der Waals surface area contributed by atoms with Crippen LogP contribution in [0.4, 0.5) is 5.69 Å². The van der Waals surface area contributed by atoms with Crippen LogP contribution in [0.3, 0.4) is 0 Å². The number of ether oxygens (including phenoxy) is 1. The van der Waals surface area contributed by atoms with E-state index in [0.717, 1.165) is 122 Å². The lowest BCUT2D eigenvalue weighted by Gasteiger charge is -2.35. The van der Waals surface area contributed by atoms with E-state index in [1.807, 2.05) is 68.6 Å². The molecule has 0 radical (unpaired) electrons. The van der Waals surface area contributed by atoms with E-state index < -0.39 is 5.97 Å². The average molecular weight is 839 g/mol. The number of carbonyl (C=O) groups is 2. The zero-order valence-corrected chi connectivity index (χ0v) is 36.8. The summed E-state index contributed by atoms with van der Waals surface area (Å²) in [5.74, 6) is -0.372. The first-order chi connectivity index (χ1) is 28.1. The number of hydrogen-bond acceptors (Lipinski definition) is 6. The number of aromatic nitrogens is 4. The number of benzene rings is 3. The highest BCUT2D eigenvalue weighted by Crippen LogP contribution is 2.46. The number of fused-ring (bicyclic) bond motifs is 4. The molecule has 0 unspecified atom stereocenters. The van der Waals surface area contributed by atoms with Crippen molar-refractivity contribution in [3.8, 4) is 16.9 Å². The van der Waals surface area contributed by atoms with Gasteiger partial charge >= 0.3 is 5.97 Å². The number of hydrogen-bond donors (Lipinski definition) is 1. The van der Waals surface area contributed by atoms with Crippen LogP contribution < -0.4 is 9.64 Å². The first kappa shape index (κ1) is 40.9. The van der Waals surface area contributed by atoms with Crippen LogP contribution in [-0.2, 0) is 26.9 Å². The maximum absolute atomic E-state index is 15.5. The Morgan fingerprint density at radius 1 is 0.915 bits per heavy atom. The molecule has 1 amide bonds. The van der Waals surface area contributed by atoms with Gasteiger partial charge in [0.2, 0.25) is 0 Å². The lowest BCUT2D eigenvalue weighted by atomic mass is 9.98. The maximum Gasteiger partial charge on any atom is 0.352 e. The third-order valence-corrected chi connectivity index (χ3v) is 13.5. The predicted octanol–water partition coefficient (Wildman–Crippen LogP) is 8.80. The summed E-state index contributed by atoms with van der Waals surface area (Å²) in [5.41, 5.74) is 10.8. The van der Waals surface area contributed by atoms with Gasteiger partial charge in [0, 0.05) is 92.0 Å². The number of halogens is 2. The summed E-state index contributed by atoms with van der Waals surface area (Å²) in [6.07, 6.45) is 2.02. The molecule has 0 spiro atoms. The third kappa shape index (κ3) is 7.30. The fourth-order valence-corrected chi connectivity index (χ4v) is 9.75. The molecule has 3 aromatic heterocycles. The first-order valence-corrected chi connectivity index (χ1v) is 21.2. The first-order valence-electron chi connectivity index (χ1n) is 20.5. The number of amides is 1. The summed E-state index contributed by atoms with van der Waals surface area (Å²) < 4.78 is 12.1. The second-order valence-electron chi connectivity index (χ2n) is 16.6.